The van der Waals surface area contributed by atoms with Crippen molar-refractivity contribution < 1.29 is 9.21 Å². The minimum absolute atomic E-state index is 0.0195. The van der Waals surface area contributed by atoms with Crippen molar-refractivity contribution >= 4 is 29.7 Å². The van der Waals surface area contributed by atoms with Crippen molar-refractivity contribution in [3.63, 3.8) is 0 Å². The number of carbonyl (C=O) groups is 1. The molecule has 3 aromatic rings. The van der Waals surface area contributed by atoms with Crippen LogP contribution in [0, 0.1) is 4.84 Å². The smallest absolute Gasteiger partial charge is 0.288 e. The summed E-state index contributed by atoms with van der Waals surface area (Å²) in [6.45, 7) is 2.25. The van der Waals surface area contributed by atoms with Gasteiger partial charge >= 0.3 is 0 Å². The number of rotatable bonds is 5. The summed E-state index contributed by atoms with van der Waals surface area (Å²) in [6, 6.07) is 16.8. The molecule has 0 spiro atoms. The molecular weight excluding hydrogens is 408 g/mol. The Morgan fingerprint density at radius 2 is 1.93 bits per heavy atom. The van der Waals surface area contributed by atoms with Gasteiger partial charge in [-0.3, -0.25) is 9.69 Å². The molecule has 1 fully saturated rings. The lowest BCUT2D eigenvalue weighted by Crippen LogP contribution is -2.45. The molecule has 1 N–H and O–H groups in total. The average Bonchev–Trinajstić information content (AvgIpc) is 3.10. The molecular formula is C21H21ClN4O2S. The van der Waals surface area contributed by atoms with Crippen LogP contribution in [0.5, 0.6) is 0 Å². The maximum Gasteiger partial charge on any atom is 0.288 e. The number of amides is 1. The second kappa shape index (κ2) is 8.90. The molecule has 29 heavy (non-hydrogen) atoms. The third-order valence-corrected chi connectivity index (χ3v) is 5.50. The number of nitrogens with zero attached hydrogens (tertiary/aromatic N) is 3. The second-order valence-corrected chi connectivity index (χ2v) is 7.84. The first-order valence-electron chi connectivity index (χ1n) is 9.50. The molecule has 1 aliphatic rings. The molecule has 4 rings (SSSR count). The van der Waals surface area contributed by atoms with E-state index in [4.69, 9.17) is 28.2 Å². The zero-order valence-electron chi connectivity index (χ0n) is 15.8. The average molecular weight is 429 g/mol. The number of aromatic nitrogens is 2. The highest BCUT2D eigenvalue weighted by Crippen LogP contribution is 2.22. The van der Waals surface area contributed by atoms with E-state index in [1.807, 2.05) is 42.5 Å². The van der Waals surface area contributed by atoms with E-state index in [0.717, 1.165) is 31.5 Å². The Morgan fingerprint density at radius 3 is 2.66 bits per heavy atom. The van der Waals surface area contributed by atoms with Crippen LogP contribution in [0.3, 0.4) is 0 Å². The third kappa shape index (κ3) is 4.93. The topological polar surface area (TPSA) is 63.3 Å². The standard InChI is InChI=1S/C21H21ClN4O2S/c22-17-8-4-7-16(13-17)20-24-26(21(29)28-20)14-25-11-9-18(10-12-25)23-19(27)15-5-2-1-3-6-15/h1-8,13,18H,9-12,14H2,(H,23,27). The van der Waals surface area contributed by atoms with Gasteiger partial charge in [-0.25, -0.2) is 4.68 Å². The highest BCUT2D eigenvalue weighted by Gasteiger charge is 2.22. The summed E-state index contributed by atoms with van der Waals surface area (Å²) < 4.78 is 7.33. The quantitative estimate of drug-likeness (QED) is 0.611. The summed E-state index contributed by atoms with van der Waals surface area (Å²) >= 11 is 11.4. The summed E-state index contributed by atoms with van der Waals surface area (Å²) in [6.07, 6.45) is 1.76. The van der Waals surface area contributed by atoms with Crippen LogP contribution in [0.1, 0.15) is 23.2 Å². The van der Waals surface area contributed by atoms with Crippen molar-refractivity contribution in [1.82, 2.24) is 20.0 Å². The Kier molecular flexibility index (Phi) is 6.08. The van der Waals surface area contributed by atoms with E-state index in [9.17, 15) is 4.79 Å². The van der Waals surface area contributed by atoms with E-state index >= 15 is 0 Å². The van der Waals surface area contributed by atoms with Gasteiger partial charge in [0.05, 0.1) is 6.67 Å². The summed E-state index contributed by atoms with van der Waals surface area (Å²) in [5.41, 5.74) is 1.49. The highest BCUT2D eigenvalue weighted by molar-refractivity contribution is 7.71. The summed E-state index contributed by atoms with van der Waals surface area (Å²) in [7, 11) is 0. The number of benzene rings is 2. The SMILES string of the molecule is O=C(NC1CCN(Cn2nc(-c3cccc(Cl)c3)oc2=S)CC1)c1ccccc1. The molecule has 1 amide bonds. The second-order valence-electron chi connectivity index (χ2n) is 7.06. The zero-order valence-corrected chi connectivity index (χ0v) is 17.3. The molecule has 6 nitrogen and oxygen atoms in total. The number of halogens is 1. The Labute approximate surface area is 179 Å². The van der Waals surface area contributed by atoms with E-state index in [2.05, 4.69) is 15.3 Å². The fourth-order valence-corrected chi connectivity index (χ4v) is 3.77. The lowest BCUT2D eigenvalue weighted by atomic mass is 10.0. The van der Waals surface area contributed by atoms with Crippen molar-refractivity contribution in [3.05, 3.63) is 70.0 Å². The normalized spacial score (nSPS) is 15.3. The summed E-state index contributed by atoms with van der Waals surface area (Å²) in [5, 5.41) is 8.24. The number of hydrogen-bond acceptors (Lipinski definition) is 5. The van der Waals surface area contributed by atoms with Crippen molar-refractivity contribution in [2.75, 3.05) is 13.1 Å². The molecule has 1 aromatic heterocycles. The van der Waals surface area contributed by atoms with Gasteiger partial charge in [0, 0.05) is 35.3 Å². The molecule has 150 valence electrons. The van der Waals surface area contributed by atoms with E-state index < -0.39 is 0 Å². The molecule has 2 aromatic carbocycles. The molecule has 0 unspecified atom stereocenters. The van der Waals surface area contributed by atoms with Crippen molar-refractivity contribution in [3.8, 4) is 11.5 Å². The van der Waals surface area contributed by atoms with Gasteiger partial charge in [0.1, 0.15) is 0 Å². The largest absolute Gasteiger partial charge is 0.409 e. The zero-order chi connectivity index (χ0) is 20.2. The monoisotopic (exact) mass is 428 g/mol. The minimum Gasteiger partial charge on any atom is -0.409 e. The third-order valence-electron chi connectivity index (χ3n) is 4.97. The fourth-order valence-electron chi connectivity index (χ4n) is 3.40. The first-order valence-corrected chi connectivity index (χ1v) is 10.3. The molecule has 2 heterocycles. The van der Waals surface area contributed by atoms with Crippen LogP contribution in [0.15, 0.2) is 59.0 Å². The first-order chi connectivity index (χ1) is 14.1. The number of hydrogen-bond donors (Lipinski definition) is 1. The number of piperidine rings is 1. The van der Waals surface area contributed by atoms with E-state index in [0.29, 0.717) is 28.0 Å². The first kappa shape index (κ1) is 19.8. The minimum atomic E-state index is -0.0195. The molecule has 0 aliphatic carbocycles. The predicted octanol–water partition coefficient (Wildman–Crippen LogP) is 4.38. The lowest BCUT2D eigenvalue weighted by molar-refractivity contribution is 0.0895. The van der Waals surface area contributed by atoms with Crippen LogP contribution < -0.4 is 5.32 Å². The molecule has 1 aliphatic heterocycles. The molecule has 0 radical (unpaired) electrons. The van der Waals surface area contributed by atoms with Gasteiger partial charge in [0.25, 0.3) is 10.7 Å². The van der Waals surface area contributed by atoms with E-state index in [-0.39, 0.29) is 11.9 Å². The predicted molar refractivity (Wildman–Crippen MR) is 114 cm³/mol. The summed E-state index contributed by atoms with van der Waals surface area (Å²) in [4.78, 5) is 14.9. The molecule has 0 bridgehead atoms. The molecule has 0 saturated carbocycles. The van der Waals surface area contributed by atoms with Gasteiger partial charge in [-0.1, -0.05) is 35.9 Å². The fraction of sp³-hybridized carbons (Fsp3) is 0.286. The van der Waals surface area contributed by atoms with E-state index in [1.165, 1.54) is 0 Å². The summed E-state index contributed by atoms with van der Waals surface area (Å²) in [5.74, 6) is 0.441. The van der Waals surface area contributed by atoms with Crippen LogP contribution in [0.25, 0.3) is 11.5 Å². The lowest BCUT2D eigenvalue weighted by Gasteiger charge is -2.31. The van der Waals surface area contributed by atoms with Crippen LogP contribution in [-0.4, -0.2) is 39.7 Å². The van der Waals surface area contributed by atoms with Gasteiger partial charge < -0.3 is 9.73 Å². The Morgan fingerprint density at radius 1 is 1.17 bits per heavy atom. The Balaban J connectivity index is 1.33. The van der Waals surface area contributed by atoms with Crippen molar-refractivity contribution in [1.29, 1.82) is 0 Å². The van der Waals surface area contributed by atoms with Crippen LogP contribution >= 0.6 is 23.8 Å². The Hall–Kier alpha value is -2.48. The number of nitrogens with one attached hydrogen (secondary N) is 1. The van der Waals surface area contributed by atoms with Gasteiger partial charge in [0.15, 0.2) is 0 Å². The molecule has 8 heteroatoms. The maximum absolute atomic E-state index is 12.3. The van der Waals surface area contributed by atoms with Crippen LogP contribution in [0.4, 0.5) is 0 Å². The molecule has 1 saturated heterocycles. The van der Waals surface area contributed by atoms with Gasteiger partial charge in [-0.2, -0.15) is 0 Å². The molecule has 0 atom stereocenters. The van der Waals surface area contributed by atoms with Gasteiger partial charge in [-0.15, -0.1) is 5.10 Å². The van der Waals surface area contributed by atoms with Gasteiger partial charge in [-0.05, 0) is 55.4 Å². The number of likely N-dealkylation sites (tertiary alicyclic amines) is 1. The van der Waals surface area contributed by atoms with Crippen molar-refractivity contribution in [2.24, 2.45) is 0 Å². The Bertz CT molecular complexity index is 1040. The maximum atomic E-state index is 12.3. The van der Waals surface area contributed by atoms with Gasteiger partial charge in [0.2, 0.25) is 5.89 Å². The van der Waals surface area contributed by atoms with Crippen LogP contribution in [-0.2, 0) is 6.67 Å². The highest BCUT2D eigenvalue weighted by atomic mass is 35.5. The van der Waals surface area contributed by atoms with E-state index in [1.54, 1.807) is 16.8 Å². The van der Waals surface area contributed by atoms with Crippen LogP contribution in [0.2, 0.25) is 5.02 Å². The number of carbonyl (C=O) groups excluding carboxylic acids is 1. The van der Waals surface area contributed by atoms with Crippen molar-refractivity contribution in [2.45, 2.75) is 25.6 Å².